The number of hydrogen-bond donors (Lipinski definition) is 1. The van der Waals surface area contributed by atoms with Crippen molar-refractivity contribution < 1.29 is 19.4 Å². The topological polar surface area (TPSA) is 66.8 Å². The van der Waals surface area contributed by atoms with Crippen molar-refractivity contribution in [1.82, 2.24) is 4.90 Å². The van der Waals surface area contributed by atoms with Crippen LogP contribution in [-0.2, 0) is 11.2 Å². The first-order valence-electron chi connectivity index (χ1n) is 7.86. The van der Waals surface area contributed by atoms with E-state index in [1.54, 1.807) is 16.3 Å². The monoisotopic (exact) mass is 343 g/mol. The maximum atomic E-state index is 12.6. The van der Waals surface area contributed by atoms with Crippen LogP contribution in [-0.4, -0.2) is 41.6 Å². The van der Waals surface area contributed by atoms with Crippen LogP contribution in [0.4, 0.5) is 0 Å². The van der Waals surface area contributed by atoms with E-state index in [0.29, 0.717) is 25.1 Å². The third-order valence-electron chi connectivity index (χ3n) is 5.10. The molecule has 2 atom stereocenters. The standard InChI is InChI=1S/C18H17NO4S/c20-16(13-5-6-24-10-13)19-8-14-9-23-15-4-2-1-3-12(15)7-18(14,11-19)17(21)22/h1-6,10,14H,7-9,11H2,(H,21,22)/t14-,18+/m0/s1. The Morgan fingerprint density at radius 3 is 2.88 bits per heavy atom. The second-order valence-electron chi connectivity index (χ2n) is 6.45. The quantitative estimate of drug-likeness (QED) is 0.910. The van der Waals surface area contributed by atoms with Crippen LogP contribution < -0.4 is 4.74 Å². The lowest BCUT2D eigenvalue weighted by atomic mass is 9.74. The average Bonchev–Trinajstić information content (AvgIpc) is 3.20. The predicted molar refractivity (Wildman–Crippen MR) is 89.4 cm³/mol. The second kappa shape index (κ2) is 5.63. The lowest BCUT2D eigenvalue weighted by molar-refractivity contribution is -0.150. The molecule has 1 aromatic carbocycles. The van der Waals surface area contributed by atoms with Crippen molar-refractivity contribution in [2.75, 3.05) is 19.7 Å². The Morgan fingerprint density at radius 1 is 1.29 bits per heavy atom. The Hall–Kier alpha value is -2.34. The number of likely N-dealkylation sites (tertiary alicyclic amines) is 1. The van der Waals surface area contributed by atoms with Crippen LogP contribution >= 0.6 is 11.3 Å². The van der Waals surface area contributed by atoms with Crippen molar-refractivity contribution in [1.29, 1.82) is 0 Å². The molecule has 1 saturated heterocycles. The van der Waals surface area contributed by atoms with E-state index >= 15 is 0 Å². The fourth-order valence-electron chi connectivity index (χ4n) is 3.75. The molecule has 0 radical (unpaired) electrons. The molecule has 0 aliphatic carbocycles. The van der Waals surface area contributed by atoms with Crippen molar-refractivity contribution >= 4 is 23.2 Å². The Balaban J connectivity index is 1.68. The van der Waals surface area contributed by atoms with E-state index in [1.807, 2.05) is 29.6 Å². The number of rotatable bonds is 2. The summed E-state index contributed by atoms with van der Waals surface area (Å²) in [6.07, 6.45) is 0.386. The highest BCUT2D eigenvalue weighted by Crippen LogP contribution is 2.44. The normalized spacial score (nSPS) is 25.3. The molecular formula is C18H17NO4S. The lowest BCUT2D eigenvalue weighted by Gasteiger charge is -2.27. The van der Waals surface area contributed by atoms with Gasteiger partial charge in [0.15, 0.2) is 0 Å². The summed E-state index contributed by atoms with van der Waals surface area (Å²) in [5.41, 5.74) is 0.531. The zero-order valence-corrected chi connectivity index (χ0v) is 13.8. The number of nitrogens with zero attached hydrogens (tertiary/aromatic N) is 1. The maximum Gasteiger partial charge on any atom is 0.312 e. The number of fused-ring (bicyclic) bond motifs is 2. The molecule has 1 fully saturated rings. The second-order valence-corrected chi connectivity index (χ2v) is 7.23. The highest BCUT2D eigenvalue weighted by atomic mass is 32.1. The number of carboxylic acids is 1. The summed E-state index contributed by atoms with van der Waals surface area (Å²) in [5.74, 6) is -0.417. The first-order valence-corrected chi connectivity index (χ1v) is 8.80. The summed E-state index contributed by atoms with van der Waals surface area (Å²) in [4.78, 5) is 26.5. The largest absolute Gasteiger partial charge is 0.493 e. The van der Waals surface area contributed by atoms with E-state index < -0.39 is 11.4 Å². The van der Waals surface area contributed by atoms with Crippen molar-refractivity contribution in [3.05, 3.63) is 52.2 Å². The van der Waals surface area contributed by atoms with Crippen molar-refractivity contribution in [3.8, 4) is 5.75 Å². The molecule has 0 saturated carbocycles. The molecule has 3 heterocycles. The molecule has 1 aromatic heterocycles. The molecular weight excluding hydrogens is 326 g/mol. The van der Waals surface area contributed by atoms with Gasteiger partial charge in [-0.3, -0.25) is 9.59 Å². The molecule has 0 unspecified atom stereocenters. The molecule has 4 rings (SSSR count). The number of ether oxygens (including phenoxy) is 1. The highest BCUT2D eigenvalue weighted by Gasteiger charge is 2.55. The van der Waals surface area contributed by atoms with Crippen molar-refractivity contribution in [3.63, 3.8) is 0 Å². The fraction of sp³-hybridized carbons (Fsp3) is 0.333. The number of aliphatic carboxylic acids is 1. The number of carbonyl (C=O) groups is 2. The third kappa shape index (κ3) is 2.29. The van der Waals surface area contributed by atoms with Crippen LogP contribution in [0.3, 0.4) is 0 Å². The summed E-state index contributed by atoms with van der Waals surface area (Å²) < 4.78 is 5.86. The van der Waals surface area contributed by atoms with E-state index in [9.17, 15) is 14.7 Å². The Labute approximate surface area is 143 Å². The van der Waals surface area contributed by atoms with Gasteiger partial charge >= 0.3 is 5.97 Å². The molecule has 5 nitrogen and oxygen atoms in total. The minimum atomic E-state index is -0.988. The van der Waals surface area contributed by atoms with Gasteiger partial charge in [-0.25, -0.2) is 0 Å². The van der Waals surface area contributed by atoms with Crippen molar-refractivity contribution in [2.45, 2.75) is 6.42 Å². The number of amides is 1. The number of hydrogen-bond acceptors (Lipinski definition) is 4. The minimum Gasteiger partial charge on any atom is -0.493 e. The predicted octanol–water partition coefficient (Wildman–Crippen LogP) is 2.53. The van der Waals surface area contributed by atoms with Crippen molar-refractivity contribution in [2.24, 2.45) is 11.3 Å². The number of carboxylic acid groups (broad SMARTS) is 1. The van der Waals surface area contributed by atoms with Gasteiger partial charge in [-0.2, -0.15) is 11.3 Å². The molecule has 24 heavy (non-hydrogen) atoms. The number of para-hydroxylation sites is 1. The maximum absolute atomic E-state index is 12.6. The highest BCUT2D eigenvalue weighted by molar-refractivity contribution is 7.08. The van der Waals surface area contributed by atoms with E-state index in [4.69, 9.17) is 4.74 Å². The average molecular weight is 343 g/mol. The van der Waals surface area contributed by atoms with Crippen LogP contribution in [0.15, 0.2) is 41.1 Å². The molecule has 1 amide bonds. The summed E-state index contributed by atoms with van der Waals surface area (Å²) in [5, 5.41) is 13.6. The zero-order chi connectivity index (χ0) is 16.7. The van der Waals surface area contributed by atoms with Gasteiger partial charge in [-0.15, -0.1) is 0 Å². The Morgan fingerprint density at radius 2 is 2.12 bits per heavy atom. The summed E-state index contributed by atoms with van der Waals surface area (Å²) >= 11 is 1.46. The van der Waals surface area contributed by atoms with Gasteiger partial charge in [0.25, 0.3) is 5.91 Å². The van der Waals surface area contributed by atoms with Crippen LogP contribution in [0.5, 0.6) is 5.75 Å². The Bertz CT molecular complexity index is 788. The lowest BCUT2D eigenvalue weighted by Crippen LogP contribution is -2.42. The van der Waals surface area contributed by atoms with E-state index in [1.165, 1.54) is 11.3 Å². The van der Waals surface area contributed by atoms with Crippen LogP contribution in [0.25, 0.3) is 0 Å². The van der Waals surface area contributed by atoms with Crippen LogP contribution in [0.1, 0.15) is 15.9 Å². The van der Waals surface area contributed by atoms with Gasteiger partial charge in [-0.1, -0.05) is 18.2 Å². The number of thiophene rings is 1. The van der Waals surface area contributed by atoms with Crippen LogP contribution in [0.2, 0.25) is 0 Å². The molecule has 124 valence electrons. The van der Waals surface area contributed by atoms with Crippen LogP contribution in [0, 0.1) is 11.3 Å². The number of carbonyl (C=O) groups excluding carboxylic acids is 1. The molecule has 1 N–H and O–H groups in total. The van der Waals surface area contributed by atoms with E-state index in [0.717, 1.165) is 11.3 Å². The smallest absolute Gasteiger partial charge is 0.312 e. The summed E-state index contributed by atoms with van der Waals surface area (Å²) in [7, 11) is 0. The van der Waals surface area contributed by atoms with Gasteiger partial charge in [0.2, 0.25) is 0 Å². The minimum absolute atomic E-state index is 0.0989. The molecule has 6 heteroatoms. The van der Waals surface area contributed by atoms with E-state index in [-0.39, 0.29) is 18.4 Å². The number of benzene rings is 1. The molecule has 2 aromatic rings. The summed E-state index contributed by atoms with van der Waals surface area (Å²) in [6.45, 7) is 0.949. The van der Waals surface area contributed by atoms with Gasteiger partial charge < -0.3 is 14.7 Å². The first-order chi connectivity index (χ1) is 11.6. The fourth-order valence-corrected chi connectivity index (χ4v) is 4.38. The summed E-state index contributed by atoms with van der Waals surface area (Å²) in [6, 6.07) is 9.34. The third-order valence-corrected chi connectivity index (χ3v) is 5.78. The van der Waals surface area contributed by atoms with Gasteiger partial charge in [0.1, 0.15) is 5.75 Å². The first kappa shape index (κ1) is 15.2. The Kier molecular flexibility index (Phi) is 3.57. The van der Waals surface area contributed by atoms with Gasteiger partial charge in [0.05, 0.1) is 17.6 Å². The molecule has 2 aliphatic heterocycles. The van der Waals surface area contributed by atoms with Gasteiger partial charge in [-0.05, 0) is 29.5 Å². The molecule has 0 spiro atoms. The SMILES string of the molecule is O=C(c1ccsc1)N1C[C@H]2COc3ccccc3C[C@@]2(C(=O)O)C1. The molecule has 2 aliphatic rings. The molecule has 0 bridgehead atoms. The van der Waals surface area contributed by atoms with E-state index in [2.05, 4.69) is 0 Å². The van der Waals surface area contributed by atoms with Gasteiger partial charge in [0, 0.05) is 24.4 Å². The zero-order valence-electron chi connectivity index (χ0n) is 13.0.